The molecule has 0 fully saturated rings. The maximum atomic E-state index is 11.3. The molecule has 0 aromatic heterocycles. The Morgan fingerprint density at radius 3 is 2.37 bits per heavy atom. The van der Waals surface area contributed by atoms with E-state index < -0.39 is 11.9 Å². The molecule has 0 heterocycles. The van der Waals surface area contributed by atoms with Crippen LogP contribution < -0.4 is 4.74 Å². The van der Waals surface area contributed by atoms with E-state index in [9.17, 15) is 9.90 Å². The number of rotatable bonds is 8. The van der Waals surface area contributed by atoms with Crippen molar-refractivity contribution in [2.24, 2.45) is 0 Å². The summed E-state index contributed by atoms with van der Waals surface area (Å²) in [5, 5.41) is 9.28. The van der Waals surface area contributed by atoms with Gasteiger partial charge in [-0.1, -0.05) is 18.6 Å². The Morgan fingerprint density at radius 1 is 1.26 bits per heavy atom. The average molecular weight is 285 g/mol. The maximum Gasteiger partial charge on any atom is 0.310 e. The summed E-state index contributed by atoms with van der Waals surface area (Å²) in [6.45, 7) is 3.92. The SMILES string of the molecule is CC(C)Oc1ccc(C(CCCCCl)C(=O)O)cc1. The third-order valence-electron chi connectivity index (χ3n) is 2.83. The average Bonchev–Trinajstić information content (AvgIpc) is 2.35. The molecule has 106 valence electrons. The van der Waals surface area contributed by atoms with Crippen LogP contribution in [-0.2, 0) is 4.79 Å². The van der Waals surface area contributed by atoms with E-state index in [1.54, 1.807) is 0 Å². The van der Waals surface area contributed by atoms with Crippen LogP contribution in [0.2, 0.25) is 0 Å². The van der Waals surface area contributed by atoms with E-state index in [1.165, 1.54) is 0 Å². The van der Waals surface area contributed by atoms with Gasteiger partial charge in [-0.05, 0) is 44.4 Å². The van der Waals surface area contributed by atoms with Crippen LogP contribution in [0.1, 0.15) is 44.6 Å². The van der Waals surface area contributed by atoms with Gasteiger partial charge in [-0.25, -0.2) is 0 Å². The van der Waals surface area contributed by atoms with Crippen molar-refractivity contribution in [3.05, 3.63) is 29.8 Å². The van der Waals surface area contributed by atoms with Crippen LogP contribution in [0.5, 0.6) is 5.75 Å². The Hall–Kier alpha value is -1.22. The minimum atomic E-state index is -0.785. The van der Waals surface area contributed by atoms with Crippen molar-refractivity contribution in [1.82, 2.24) is 0 Å². The molecule has 0 saturated carbocycles. The quantitative estimate of drug-likeness (QED) is 0.579. The number of carbonyl (C=O) groups is 1. The predicted octanol–water partition coefficient (Wildman–Crippen LogP) is 4.05. The molecule has 1 aromatic carbocycles. The molecule has 0 saturated heterocycles. The van der Waals surface area contributed by atoms with Crippen LogP contribution in [0.15, 0.2) is 24.3 Å². The van der Waals surface area contributed by atoms with E-state index in [2.05, 4.69) is 0 Å². The lowest BCUT2D eigenvalue weighted by molar-refractivity contribution is -0.139. The third-order valence-corrected chi connectivity index (χ3v) is 3.10. The Kier molecular flexibility index (Phi) is 6.71. The van der Waals surface area contributed by atoms with E-state index in [1.807, 2.05) is 38.1 Å². The van der Waals surface area contributed by atoms with Crippen molar-refractivity contribution in [3.63, 3.8) is 0 Å². The summed E-state index contributed by atoms with van der Waals surface area (Å²) in [6, 6.07) is 7.31. The highest BCUT2D eigenvalue weighted by Gasteiger charge is 2.19. The molecule has 1 unspecified atom stereocenters. The number of hydrogen-bond acceptors (Lipinski definition) is 2. The van der Waals surface area contributed by atoms with Gasteiger partial charge in [0.1, 0.15) is 5.75 Å². The van der Waals surface area contributed by atoms with Crippen LogP contribution in [0.3, 0.4) is 0 Å². The fourth-order valence-corrected chi connectivity index (χ4v) is 2.12. The highest BCUT2D eigenvalue weighted by Crippen LogP contribution is 2.25. The molecule has 3 nitrogen and oxygen atoms in total. The molecule has 0 bridgehead atoms. The van der Waals surface area contributed by atoms with Crippen molar-refractivity contribution in [2.45, 2.75) is 45.1 Å². The zero-order valence-corrected chi connectivity index (χ0v) is 12.2. The smallest absolute Gasteiger partial charge is 0.310 e. The first-order chi connectivity index (χ1) is 9.04. The van der Waals surface area contributed by atoms with Gasteiger partial charge < -0.3 is 9.84 Å². The number of aliphatic carboxylic acids is 1. The fraction of sp³-hybridized carbons (Fsp3) is 0.533. The third kappa shape index (κ3) is 5.52. The van der Waals surface area contributed by atoms with E-state index in [-0.39, 0.29) is 6.10 Å². The maximum absolute atomic E-state index is 11.3. The number of ether oxygens (including phenoxy) is 1. The van der Waals surface area contributed by atoms with Crippen molar-refractivity contribution in [3.8, 4) is 5.75 Å². The molecular weight excluding hydrogens is 264 g/mol. The topological polar surface area (TPSA) is 46.5 Å². The number of hydrogen-bond donors (Lipinski definition) is 1. The zero-order valence-electron chi connectivity index (χ0n) is 11.4. The number of unbranched alkanes of at least 4 members (excludes halogenated alkanes) is 1. The van der Waals surface area contributed by atoms with Gasteiger partial charge in [0, 0.05) is 5.88 Å². The molecule has 0 aliphatic carbocycles. The van der Waals surface area contributed by atoms with Crippen LogP contribution in [0.4, 0.5) is 0 Å². The van der Waals surface area contributed by atoms with E-state index in [0.29, 0.717) is 12.3 Å². The molecule has 1 rings (SSSR count). The normalized spacial score (nSPS) is 12.4. The van der Waals surface area contributed by atoms with Crippen LogP contribution in [-0.4, -0.2) is 23.1 Å². The van der Waals surface area contributed by atoms with E-state index in [4.69, 9.17) is 16.3 Å². The summed E-state index contributed by atoms with van der Waals surface area (Å²) >= 11 is 5.62. The van der Waals surface area contributed by atoms with Crippen LogP contribution >= 0.6 is 11.6 Å². The molecule has 0 aliphatic heterocycles. The lowest BCUT2D eigenvalue weighted by Gasteiger charge is -2.14. The van der Waals surface area contributed by atoms with Gasteiger partial charge in [0.25, 0.3) is 0 Å². The molecule has 0 aliphatic rings. The van der Waals surface area contributed by atoms with Gasteiger partial charge in [0.2, 0.25) is 0 Å². The second-order valence-corrected chi connectivity index (χ2v) is 5.19. The molecule has 0 amide bonds. The Bertz CT molecular complexity index is 387. The molecule has 19 heavy (non-hydrogen) atoms. The number of carboxylic acids is 1. The first kappa shape index (κ1) is 15.8. The standard InChI is InChI=1S/C15H21ClO3/c1-11(2)19-13-8-6-12(7-9-13)14(15(17)18)5-3-4-10-16/h6-9,11,14H,3-5,10H2,1-2H3,(H,17,18). The molecule has 1 aromatic rings. The molecule has 4 heteroatoms. The second-order valence-electron chi connectivity index (χ2n) is 4.81. The largest absolute Gasteiger partial charge is 0.491 e. The minimum absolute atomic E-state index is 0.116. The van der Waals surface area contributed by atoms with Gasteiger partial charge >= 0.3 is 5.97 Å². The van der Waals surface area contributed by atoms with Crippen molar-refractivity contribution in [1.29, 1.82) is 0 Å². The van der Waals surface area contributed by atoms with Gasteiger partial charge in [-0.3, -0.25) is 4.79 Å². The highest BCUT2D eigenvalue weighted by atomic mass is 35.5. The van der Waals surface area contributed by atoms with Gasteiger partial charge in [-0.15, -0.1) is 11.6 Å². The summed E-state index contributed by atoms with van der Waals surface area (Å²) in [4.78, 5) is 11.3. The fourth-order valence-electron chi connectivity index (χ4n) is 1.93. The van der Waals surface area contributed by atoms with Crippen molar-refractivity contribution in [2.75, 3.05) is 5.88 Å². The molecular formula is C15H21ClO3. The van der Waals surface area contributed by atoms with E-state index >= 15 is 0 Å². The Labute approximate surface area is 119 Å². The lowest BCUT2D eigenvalue weighted by atomic mass is 9.94. The zero-order chi connectivity index (χ0) is 14.3. The summed E-state index contributed by atoms with van der Waals surface area (Å²) in [6.07, 6.45) is 2.40. The number of carboxylic acid groups (broad SMARTS) is 1. The number of halogens is 1. The summed E-state index contributed by atoms with van der Waals surface area (Å²) in [5.41, 5.74) is 0.818. The van der Waals surface area contributed by atoms with Crippen molar-refractivity contribution < 1.29 is 14.6 Å². The first-order valence-corrected chi connectivity index (χ1v) is 7.13. The Balaban J connectivity index is 2.71. The summed E-state index contributed by atoms with van der Waals surface area (Å²) in [7, 11) is 0. The van der Waals surface area contributed by atoms with Crippen LogP contribution in [0, 0.1) is 0 Å². The number of benzene rings is 1. The van der Waals surface area contributed by atoms with Gasteiger partial charge in [-0.2, -0.15) is 0 Å². The first-order valence-electron chi connectivity index (χ1n) is 6.60. The molecule has 1 N–H and O–H groups in total. The second kappa shape index (κ2) is 8.05. The van der Waals surface area contributed by atoms with Gasteiger partial charge in [0.15, 0.2) is 0 Å². The summed E-state index contributed by atoms with van der Waals surface area (Å²) in [5.74, 6) is 0.0973. The van der Waals surface area contributed by atoms with Crippen molar-refractivity contribution >= 4 is 17.6 Å². The number of alkyl halides is 1. The van der Waals surface area contributed by atoms with E-state index in [0.717, 1.165) is 24.2 Å². The monoisotopic (exact) mass is 284 g/mol. The van der Waals surface area contributed by atoms with Crippen LogP contribution in [0.25, 0.3) is 0 Å². The van der Waals surface area contributed by atoms with Gasteiger partial charge in [0.05, 0.1) is 12.0 Å². The lowest BCUT2D eigenvalue weighted by Crippen LogP contribution is -2.12. The predicted molar refractivity (Wildman–Crippen MR) is 77.2 cm³/mol. The minimum Gasteiger partial charge on any atom is -0.491 e. The Morgan fingerprint density at radius 2 is 1.89 bits per heavy atom. The molecule has 0 spiro atoms. The molecule has 1 atom stereocenters. The summed E-state index contributed by atoms with van der Waals surface area (Å²) < 4.78 is 5.54. The highest BCUT2D eigenvalue weighted by molar-refractivity contribution is 6.17. The molecule has 0 radical (unpaired) electrons.